The minimum Gasteiger partial charge on any atom is -0.449 e. The number of hydrogen-bond acceptors (Lipinski definition) is 2. The van der Waals surface area contributed by atoms with E-state index < -0.39 is 0 Å². The summed E-state index contributed by atoms with van der Waals surface area (Å²) in [5.41, 5.74) is 0. The molecule has 0 heterocycles. The number of ether oxygens (including phenoxy) is 1. The summed E-state index contributed by atoms with van der Waals surface area (Å²) in [7, 11) is 0. The first kappa shape index (κ1) is 29.3. The van der Waals surface area contributed by atoms with Gasteiger partial charge in [-0.2, -0.15) is 0 Å². The fraction of sp³-hybridized carbons (Fsp3) is 0.963. The molecule has 0 bridgehead atoms. The Morgan fingerprint density at radius 1 is 0.500 bits per heavy atom. The van der Waals surface area contributed by atoms with Gasteiger partial charge in [0, 0.05) is 13.1 Å². The third-order valence-corrected chi connectivity index (χ3v) is 6.04. The molecule has 0 radical (unpaired) electrons. The van der Waals surface area contributed by atoms with E-state index in [-0.39, 0.29) is 6.09 Å². The van der Waals surface area contributed by atoms with Gasteiger partial charge in [-0.15, -0.1) is 0 Å². The molecule has 0 spiro atoms. The van der Waals surface area contributed by atoms with Gasteiger partial charge in [-0.3, -0.25) is 0 Å². The molecule has 3 nitrogen and oxygen atoms in total. The zero-order valence-electron chi connectivity index (χ0n) is 21.0. The van der Waals surface area contributed by atoms with Crippen molar-refractivity contribution < 1.29 is 9.53 Å². The van der Waals surface area contributed by atoms with Crippen molar-refractivity contribution in [1.82, 2.24) is 4.90 Å². The molecule has 30 heavy (non-hydrogen) atoms. The number of nitrogens with zero attached hydrogens (tertiary/aromatic N) is 1. The van der Waals surface area contributed by atoms with Crippen molar-refractivity contribution in [2.75, 3.05) is 19.7 Å². The number of carbonyl (C=O) groups excluding carboxylic acids is 1. The van der Waals surface area contributed by atoms with Gasteiger partial charge in [0.05, 0.1) is 6.61 Å². The maximum Gasteiger partial charge on any atom is 0.409 e. The van der Waals surface area contributed by atoms with Crippen LogP contribution in [0.2, 0.25) is 0 Å². The van der Waals surface area contributed by atoms with E-state index in [2.05, 4.69) is 20.8 Å². The van der Waals surface area contributed by atoms with Gasteiger partial charge in [-0.05, 0) is 19.3 Å². The molecule has 0 rings (SSSR count). The first-order valence-corrected chi connectivity index (χ1v) is 13.7. The van der Waals surface area contributed by atoms with E-state index in [1.165, 1.54) is 109 Å². The van der Waals surface area contributed by atoms with Crippen molar-refractivity contribution in [3.8, 4) is 0 Å². The normalized spacial score (nSPS) is 11.0. The summed E-state index contributed by atoms with van der Waals surface area (Å²) in [5, 5.41) is 0. The van der Waals surface area contributed by atoms with E-state index in [9.17, 15) is 4.79 Å². The van der Waals surface area contributed by atoms with Gasteiger partial charge in [0.1, 0.15) is 0 Å². The summed E-state index contributed by atoms with van der Waals surface area (Å²) >= 11 is 0. The molecule has 0 aromatic carbocycles. The van der Waals surface area contributed by atoms with E-state index in [0.717, 1.165) is 32.4 Å². The lowest BCUT2D eigenvalue weighted by Gasteiger charge is -2.22. The van der Waals surface area contributed by atoms with Crippen LogP contribution in [0.3, 0.4) is 0 Å². The summed E-state index contributed by atoms with van der Waals surface area (Å²) in [6.07, 6.45) is 25.5. The standard InChI is InChI=1S/C27H55NO2/c1-4-7-10-13-15-17-19-21-24-28(27(29)30-26-23-12-9-6-3)25-22-20-18-16-14-11-8-5-2/h4-26H2,1-3H3. The van der Waals surface area contributed by atoms with Gasteiger partial charge in [-0.1, -0.05) is 130 Å². The Balaban J connectivity index is 4.01. The Morgan fingerprint density at radius 3 is 1.23 bits per heavy atom. The van der Waals surface area contributed by atoms with E-state index in [1.54, 1.807) is 0 Å². The van der Waals surface area contributed by atoms with Crippen LogP contribution in [-0.4, -0.2) is 30.7 Å². The van der Waals surface area contributed by atoms with Gasteiger partial charge < -0.3 is 9.64 Å². The molecule has 0 aromatic heterocycles. The third-order valence-electron chi connectivity index (χ3n) is 6.04. The van der Waals surface area contributed by atoms with Crippen LogP contribution in [0, 0.1) is 0 Å². The number of hydrogen-bond donors (Lipinski definition) is 0. The lowest BCUT2D eigenvalue weighted by molar-refractivity contribution is 0.0990. The molecule has 180 valence electrons. The topological polar surface area (TPSA) is 29.5 Å². The minimum atomic E-state index is -0.0719. The van der Waals surface area contributed by atoms with Crippen molar-refractivity contribution in [2.24, 2.45) is 0 Å². The largest absolute Gasteiger partial charge is 0.449 e. The molecule has 1 amide bonds. The maximum atomic E-state index is 12.6. The summed E-state index contributed by atoms with van der Waals surface area (Å²) in [5.74, 6) is 0. The fourth-order valence-electron chi connectivity index (χ4n) is 3.95. The highest BCUT2D eigenvalue weighted by molar-refractivity contribution is 5.67. The second kappa shape index (κ2) is 24.5. The maximum absolute atomic E-state index is 12.6. The Labute approximate surface area is 189 Å². The van der Waals surface area contributed by atoms with Gasteiger partial charge >= 0.3 is 6.09 Å². The average molecular weight is 426 g/mol. The minimum absolute atomic E-state index is 0.0719. The van der Waals surface area contributed by atoms with Crippen LogP contribution in [0.15, 0.2) is 0 Å². The number of amides is 1. The molecule has 0 saturated heterocycles. The van der Waals surface area contributed by atoms with E-state index in [1.807, 2.05) is 4.90 Å². The molecule has 0 aliphatic carbocycles. The van der Waals surface area contributed by atoms with Crippen molar-refractivity contribution in [3.63, 3.8) is 0 Å². The van der Waals surface area contributed by atoms with Crippen molar-refractivity contribution in [2.45, 2.75) is 149 Å². The van der Waals surface area contributed by atoms with Crippen LogP contribution in [-0.2, 0) is 4.74 Å². The highest BCUT2D eigenvalue weighted by Gasteiger charge is 2.14. The zero-order valence-corrected chi connectivity index (χ0v) is 21.0. The van der Waals surface area contributed by atoms with Crippen LogP contribution in [0.4, 0.5) is 4.79 Å². The number of unbranched alkanes of at least 4 members (excludes halogenated alkanes) is 17. The highest BCUT2D eigenvalue weighted by atomic mass is 16.6. The van der Waals surface area contributed by atoms with Crippen LogP contribution < -0.4 is 0 Å². The first-order valence-electron chi connectivity index (χ1n) is 13.7. The molecule has 0 aliphatic rings. The lowest BCUT2D eigenvalue weighted by atomic mass is 10.1. The fourth-order valence-corrected chi connectivity index (χ4v) is 3.95. The Morgan fingerprint density at radius 2 is 0.833 bits per heavy atom. The summed E-state index contributed by atoms with van der Waals surface area (Å²) < 4.78 is 5.58. The van der Waals surface area contributed by atoms with Crippen molar-refractivity contribution in [3.05, 3.63) is 0 Å². The van der Waals surface area contributed by atoms with Gasteiger partial charge in [0.25, 0.3) is 0 Å². The Bertz CT molecular complexity index is 326. The second-order valence-corrected chi connectivity index (χ2v) is 9.11. The SMILES string of the molecule is CCCCCCCCCCN(CCCCCCCCCC)C(=O)OCCCCCC. The summed E-state index contributed by atoms with van der Waals surface area (Å²) in [6, 6.07) is 0. The molecule has 0 aromatic rings. The van der Waals surface area contributed by atoms with E-state index >= 15 is 0 Å². The molecular formula is C27H55NO2. The molecule has 0 fully saturated rings. The Hall–Kier alpha value is -0.730. The van der Waals surface area contributed by atoms with Crippen LogP contribution >= 0.6 is 0 Å². The number of rotatable bonds is 23. The second-order valence-electron chi connectivity index (χ2n) is 9.11. The smallest absolute Gasteiger partial charge is 0.409 e. The number of carbonyl (C=O) groups is 1. The predicted octanol–water partition coefficient (Wildman–Crippen LogP) is 9.29. The van der Waals surface area contributed by atoms with Crippen LogP contribution in [0.1, 0.15) is 149 Å². The molecule has 0 saturated carbocycles. The first-order chi connectivity index (χ1) is 14.8. The lowest BCUT2D eigenvalue weighted by Crippen LogP contribution is -2.33. The van der Waals surface area contributed by atoms with E-state index in [0.29, 0.717) is 6.61 Å². The van der Waals surface area contributed by atoms with Gasteiger partial charge in [0.15, 0.2) is 0 Å². The molecular weight excluding hydrogens is 370 g/mol. The zero-order chi connectivity index (χ0) is 22.1. The average Bonchev–Trinajstić information content (AvgIpc) is 2.75. The molecule has 3 heteroatoms. The third kappa shape index (κ3) is 20.5. The quantitative estimate of drug-likeness (QED) is 0.153. The highest BCUT2D eigenvalue weighted by Crippen LogP contribution is 2.12. The van der Waals surface area contributed by atoms with Gasteiger partial charge in [-0.25, -0.2) is 4.79 Å². The van der Waals surface area contributed by atoms with Crippen molar-refractivity contribution >= 4 is 6.09 Å². The molecule has 0 atom stereocenters. The predicted molar refractivity (Wildman–Crippen MR) is 132 cm³/mol. The van der Waals surface area contributed by atoms with Crippen LogP contribution in [0.5, 0.6) is 0 Å². The summed E-state index contributed by atoms with van der Waals surface area (Å²) in [6.45, 7) is 9.08. The molecule has 0 N–H and O–H groups in total. The van der Waals surface area contributed by atoms with E-state index in [4.69, 9.17) is 4.74 Å². The molecule has 0 unspecified atom stereocenters. The molecule has 0 aliphatic heterocycles. The van der Waals surface area contributed by atoms with Crippen LogP contribution in [0.25, 0.3) is 0 Å². The summed E-state index contributed by atoms with van der Waals surface area (Å²) in [4.78, 5) is 14.5. The Kier molecular flexibility index (Phi) is 23.9. The van der Waals surface area contributed by atoms with Gasteiger partial charge in [0.2, 0.25) is 0 Å². The monoisotopic (exact) mass is 425 g/mol. The van der Waals surface area contributed by atoms with Crippen molar-refractivity contribution in [1.29, 1.82) is 0 Å².